The van der Waals surface area contributed by atoms with Crippen LogP contribution in [0.2, 0.25) is 0 Å². The highest BCUT2D eigenvalue weighted by atomic mass is 19.2. The van der Waals surface area contributed by atoms with E-state index in [1.165, 1.54) is 11.0 Å². The summed E-state index contributed by atoms with van der Waals surface area (Å²) in [6.45, 7) is 2.57. The highest BCUT2D eigenvalue weighted by Gasteiger charge is 2.23. The maximum absolute atomic E-state index is 14.5. The van der Waals surface area contributed by atoms with Crippen LogP contribution in [0, 0.1) is 18.6 Å². The summed E-state index contributed by atoms with van der Waals surface area (Å²) in [5, 5.41) is 13.0. The average Bonchev–Trinajstić information content (AvgIpc) is 2.72. The van der Waals surface area contributed by atoms with Gasteiger partial charge in [-0.15, -0.1) is 0 Å². The predicted octanol–water partition coefficient (Wildman–Crippen LogP) is 4.02. The van der Waals surface area contributed by atoms with Gasteiger partial charge in [-0.05, 0) is 49.1 Å². The van der Waals surface area contributed by atoms with Crippen LogP contribution in [-0.4, -0.2) is 45.2 Å². The number of nitrogen functional groups attached to an aromatic ring is 1. The van der Waals surface area contributed by atoms with Crippen molar-refractivity contribution in [3.63, 3.8) is 0 Å². The second-order valence-corrected chi connectivity index (χ2v) is 7.46. The Hall–Kier alpha value is -3.49. The molecule has 1 atom stereocenters. The molecule has 0 saturated carbocycles. The standard InChI is InChI=1S/C21H21F2N5O2/c1-11-7-15(24)18(22)19(23)17(11)12-4-5-16-13(8-12)9-25-20(27-16)26-14-3-2-6-28(10-14)21(29)30/h4-5,7-9,14H,2-3,6,10,24H2,1H3,(H,29,30)(H,25,26,27). The van der Waals surface area contributed by atoms with Gasteiger partial charge in [0.1, 0.15) is 0 Å². The summed E-state index contributed by atoms with van der Waals surface area (Å²) >= 11 is 0. The molecule has 1 aliphatic rings. The zero-order valence-electron chi connectivity index (χ0n) is 16.3. The fraction of sp³-hybridized carbons (Fsp3) is 0.286. The number of rotatable bonds is 3. The number of aryl methyl sites for hydroxylation is 1. The molecule has 1 aliphatic heterocycles. The maximum atomic E-state index is 14.5. The van der Waals surface area contributed by atoms with Gasteiger partial charge in [-0.3, -0.25) is 0 Å². The number of halogens is 2. The predicted molar refractivity (Wildman–Crippen MR) is 110 cm³/mol. The molecule has 1 amide bonds. The van der Waals surface area contributed by atoms with E-state index >= 15 is 0 Å². The molecule has 1 fully saturated rings. The number of hydrogen-bond acceptors (Lipinski definition) is 5. The minimum atomic E-state index is -1.06. The van der Waals surface area contributed by atoms with Crippen molar-refractivity contribution in [3.8, 4) is 11.1 Å². The second kappa shape index (κ2) is 7.74. The zero-order chi connectivity index (χ0) is 21.4. The zero-order valence-corrected chi connectivity index (χ0v) is 16.3. The Morgan fingerprint density at radius 1 is 1.30 bits per heavy atom. The molecule has 9 heteroatoms. The van der Waals surface area contributed by atoms with E-state index in [0.29, 0.717) is 41.1 Å². The molecule has 1 saturated heterocycles. The van der Waals surface area contributed by atoms with Crippen LogP contribution < -0.4 is 11.1 Å². The summed E-state index contributed by atoms with van der Waals surface area (Å²) in [5.74, 6) is -1.64. The van der Waals surface area contributed by atoms with Crippen LogP contribution in [0.15, 0.2) is 30.5 Å². The van der Waals surface area contributed by atoms with Gasteiger partial charge >= 0.3 is 6.09 Å². The van der Waals surface area contributed by atoms with Gasteiger partial charge in [0.15, 0.2) is 11.6 Å². The van der Waals surface area contributed by atoms with Gasteiger partial charge in [-0.2, -0.15) is 0 Å². The van der Waals surface area contributed by atoms with E-state index in [1.54, 1.807) is 31.3 Å². The Labute approximate surface area is 171 Å². The molecular weight excluding hydrogens is 392 g/mol. The molecule has 0 radical (unpaired) electrons. The van der Waals surface area contributed by atoms with E-state index in [0.717, 1.165) is 12.8 Å². The van der Waals surface area contributed by atoms with Gasteiger partial charge in [0, 0.05) is 36.3 Å². The first-order valence-corrected chi connectivity index (χ1v) is 9.59. The van der Waals surface area contributed by atoms with Gasteiger partial charge in [0.2, 0.25) is 5.95 Å². The van der Waals surface area contributed by atoms with Gasteiger partial charge in [0.25, 0.3) is 0 Å². The molecule has 7 nitrogen and oxygen atoms in total. The molecule has 30 heavy (non-hydrogen) atoms. The summed E-state index contributed by atoms with van der Waals surface area (Å²) in [5.41, 5.74) is 7.10. The second-order valence-electron chi connectivity index (χ2n) is 7.46. The number of nitrogens with zero attached hydrogens (tertiary/aromatic N) is 3. The number of piperidine rings is 1. The van der Waals surface area contributed by atoms with Gasteiger partial charge < -0.3 is 21.1 Å². The molecule has 0 aliphatic carbocycles. The Kier molecular flexibility index (Phi) is 5.11. The molecule has 4 N–H and O–H groups in total. The number of anilines is 2. The van der Waals surface area contributed by atoms with E-state index in [9.17, 15) is 13.6 Å². The Balaban J connectivity index is 1.61. The Morgan fingerprint density at radius 3 is 2.87 bits per heavy atom. The Morgan fingerprint density at radius 2 is 2.10 bits per heavy atom. The molecule has 3 aromatic rings. The number of likely N-dealkylation sites (tertiary alicyclic amines) is 1. The number of carboxylic acid groups (broad SMARTS) is 1. The lowest BCUT2D eigenvalue weighted by atomic mass is 9.98. The van der Waals surface area contributed by atoms with Gasteiger partial charge in [0.05, 0.1) is 11.2 Å². The van der Waals surface area contributed by atoms with Crippen LogP contribution in [0.4, 0.5) is 25.2 Å². The SMILES string of the molecule is Cc1cc(N)c(F)c(F)c1-c1ccc2nc(NC3CCCN(C(=O)O)C3)ncc2c1. The minimum Gasteiger partial charge on any atom is -0.465 e. The lowest BCUT2D eigenvalue weighted by Crippen LogP contribution is -2.44. The normalized spacial score (nSPS) is 16.6. The van der Waals surface area contributed by atoms with Crippen LogP contribution in [0.5, 0.6) is 0 Å². The first kappa shape index (κ1) is 19.8. The lowest BCUT2D eigenvalue weighted by molar-refractivity contribution is 0.132. The third kappa shape index (κ3) is 3.70. The summed E-state index contributed by atoms with van der Waals surface area (Å²) in [4.78, 5) is 21.3. The van der Waals surface area contributed by atoms with Gasteiger partial charge in [-0.1, -0.05) is 6.07 Å². The third-order valence-electron chi connectivity index (χ3n) is 5.33. The number of benzene rings is 2. The largest absolute Gasteiger partial charge is 0.465 e. The number of fused-ring (bicyclic) bond motifs is 1. The molecule has 1 aromatic heterocycles. The van der Waals surface area contributed by atoms with Crippen LogP contribution in [0.25, 0.3) is 22.0 Å². The third-order valence-corrected chi connectivity index (χ3v) is 5.33. The summed E-state index contributed by atoms with van der Waals surface area (Å²) in [6, 6.07) is 6.43. The quantitative estimate of drug-likeness (QED) is 0.560. The van der Waals surface area contributed by atoms with Crippen molar-refractivity contribution in [1.29, 1.82) is 0 Å². The highest BCUT2D eigenvalue weighted by molar-refractivity contribution is 5.85. The number of nitrogens with one attached hydrogen (secondary N) is 1. The van der Waals surface area contributed by atoms with Gasteiger partial charge in [-0.25, -0.2) is 23.5 Å². The summed E-state index contributed by atoms with van der Waals surface area (Å²) < 4.78 is 28.4. The van der Waals surface area contributed by atoms with Crippen LogP contribution in [-0.2, 0) is 0 Å². The van der Waals surface area contributed by atoms with E-state index in [2.05, 4.69) is 15.3 Å². The van der Waals surface area contributed by atoms with Crippen molar-refractivity contribution >= 4 is 28.6 Å². The number of carbonyl (C=O) groups is 1. The van der Waals surface area contributed by atoms with Crippen LogP contribution in [0.1, 0.15) is 18.4 Å². The monoisotopic (exact) mass is 413 g/mol. The average molecular weight is 413 g/mol. The van der Waals surface area contributed by atoms with Crippen molar-refractivity contribution in [2.24, 2.45) is 0 Å². The molecule has 2 heterocycles. The van der Waals surface area contributed by atoms with Crippen LogP contribution >= 0.6 is 0 Å². The fourth-order valence-electron chi connectivity index (χ4n) is 3.84. The topological polar surface area (TPSA) is 104 Å². The highest BCUT2D eigenvalue weighted by Crippen LogP contribution is 2.32. The number of nitrogens with two attached hydrogens (primary N) is 1. The molecule has 0 spiro atoms. The van der Waals surface area contributed by atoms with Crippen molar-refractivity contribution in [3.05, 3.63) is 47.7 Å². The number of aromatic nitrogens is 2. The van der Waals surface area contributed by atoms with E-state index in [-0.39, 0.29) is 17.3 Å². The molecular formula is C21H21F2N5O2. The van der Waals surface area contributed by atoms with Crippen molar-refractivity contribution in [2.75, 3.05) is 24.1 Å². The fourth-order valence-corrected chi connectivity index (χ4v) is 3.84. The first-order chi connectivity index (χ1) is 14.3. The Bertz CT molecular complexity index is 1140. The smallest absolute Gasteiger partial charge is 0.407 e. The maximum Gasteiger partial charge on any atom is 0.407 e. The van der Waals surface area contributed by atoms with E-state index < -0.39 is 17.7 Å². The number of amides is 1. The van der Waals surface area contributed by atoms with Crippen molar-refractivity contribution in [1.82, 2.24) is 14.9 Å². The summed E-state index contributed by atoms with van der Waals surface area (Å²) in [6.07, 6.45) is 2.26. The van der Waals surface area contributed by atoms with E-state index in [4.69, 9.17) is 10.8 Å². The molecule has 4 rings (SSSR count). The minimum absolute atomic E-state index is 0.0685. The molecule has 0 bridgehead atoms. The molecule has 156 valence electrons. The summed E-state index contributed by atoms with van der Waals surface area (Å²) in [7, 11) is 0. The molecule has 1 unspecified atom stereocenters. The van der Waals surface area contributed by atoms with Crippen LogP contribution in [0.3, 0.4) is 0 Å². The lowest BCUT2D eigenvalue weighted by Gasteiger charge is -2.31. The van der Waals surface area contributed by atoms with Crippen molar-refractivity contribution < 1.29 is 18.7 Å². The van der Waals surface area contributed by atoms with Crippen molar-refractivity contribution in [2.45, 2.75) is 25.8 Å². The molecule has 2 aromatic carbocycles. The first-order valence-electron chi connectivity index (χ1n) is 9.59. The van der Waals surface area contributed by atoms with E-state index in [1.807, 2.05) is 0 Å². The number of hydrogen-bond donors (Lipinski definition) is 3.